The highest BCUT2D eigenvalue weighted by Gasteiger charge is 2.36. The number of benzene rings is 2. The number of H-pyrrole nitrogens is 1. The van der Waals surface area contributed by atoms with Crippen molar-refractivity contribution in [2.45, 2.75) is 38.3 Å². The van der Waals surface area contributed by atoms with Crippen molar-refractivity contribution in [3.8, 4) is 11.6 Å². The van der Waals surface area contributed by atoms with Crippen LogP contribution >= 0.6 is 0 Å². The molecular formula is C28H31F2N7O3. The number of aromatic amines is 1. The van der Waals surface area contributed by atoms with Gasteiger partial charge in [-0.05, 0) is 50.6 Å². The van der Waals surface area contributed by atoms with Crippen LogP contribution in [0.25, 0.3) is 5.69 Å². The molecule has 1 aliphatic rings. The zero-order valence-electron chi connectivity index (χ0n) is 22.4. The molecule has 1 aliphatic heterocycles. The van der Waals surface area contributed by atoms with Crippen molar-refractivity contribution < 1.29 is 23.4 Å². The summed E-state index contributed by atoms with van der Waals surface area (Å²) < 4.78 is 35.1. The molecule has 1 fully saturated rings. The van der Waals surface area contributed by atoms with Gasteiger partial charge in [-0.2, -0.15) is 5.10 Å². The first-order valence-electron chi connectivity index (χ1n) is 12.9. The van der Waals surface area contributed by atoms with E-state index in [2.05, 4.69) is 25.9 Å². The SMILES string of the molecule is Cc1c(OCC(C)(C)O)nn(-c2ccccc2)c1NC(=O)NC1CN(c2cn[nH]c2)CC1c1ccc(F)c(F)c1. The lowest BCUT2D eigenvalue weighted by atomic mass is 9.94. The van der Waals surface area contributed by atoms with E-state index in [1.165, 1.54) is 12.1 Å². The Morgan fingerprint density at radius 2 is 1.93 bits per heavy atom. The number of para-hydroxylation sites is 1. The van der Waals surface area contributed by atoms with Gasteiger partial charge in [0.2, 0.25) is 5.88 Å². The summed E-state index contributed by atoms with van der Waals surface area (Å²) >= 11 is 0. The highest BCUT2D eigenvalue weighted by molar-refractivity contribution is 5.90. The molecule has 4 N–H and O–H groups in total. The molecule has 0 spiro atoms. The number of carbonyl (C=O) groups is 1. The maximum atomic E-state index is 14.1. The summed E-state index contributed by atoms with van der Waals surface area (Å²) in [5.41, 5.74) is 1.59. The predicted molar refractivity (Wildman–Crippen MR) is 146 cm³/mol. The molecule has 210 valence electrons. The second kappa shape index (κ2) is 11.0. The van der Waals surface area contributed by atoms with E-state index in [-0.39, 0.29) is 18.4 Å². The smallest absolute Gasteiger partial charge is 0.320 e. The van der Waals surface area contributed by atoms with E-state index in [0.717, 1.165) is 11.8 Å². The number of aliphatic hydroxyl groups is 1. The number of amides is 2. The molecule has 10 nitrogen and oxygen atoms in total. The highest BCUT2D eigenvalue weighted by atomic mass is 19.2. The van der Waals surface area contributed by atoms with Crippen molar-refractivity contribution in [3.05, 3.63) is 83.7 Å². The Hall–Kier alpha value is -4.45. The van der Waals surface area contributed by atoms with E-state index in [4.69, 9.17) is 4.74 Å². The largest absolute Gasteiger partial charge is 0.473 e. The first kappa shape index (κ1) is 27.1. The third kappa shape index (κ3) is 5.91. The fourth-order valence-corrected chi connectivity index (χ4v) is 4.73. The number of hydrogen-bond donors (Lipinski definition) is 4. The van der Waals surface area contributed by atoms with Gasteiger partial charge in [0.25, 0.3) is 0 Å². The van der Waals surface area contributed by atoms with Crippen LogP contribution in [0, 0.1) is 18.6 Å². The average molecular weight is 552 g/mol. The Morgan fingerprint density at radius 1 is 1.15 bits per heavy atom. The van der Waals surface area contributed by atoms with Gasteiger partial charge in [0.05, 0.1) is 34.8 Å². The monoisotopic (exact) mass is 551 g/mol. The van der Waals surface area contributed by atoms with Crippen LogP contribution in [0.15, 0.2) is 60.9 Å². The number of rotatable bonds is 8. The molecule has 2 atom stereocenters. The molecule has 5 rings (SSSR count). The molecule has 12 heteroatoms. The summed E-state index contributed by atoms with van der Waals surface area (Å²) in [7, 11) is 0. The number of urea groups is 1. The Bertz CT molecular complexity index is 1470. The van der Waals surface area contributed by atoms with Crippen LogP contribution in [0.2, 0.25) is 0 Å². The van der Waals surface area contributed by atoms with Gasteiger partial charge < -0.3 is 20.1 Å². The van der Waals surface area contributed by atoms with Crippen LogP contribution in [-0.2, 0) is 0 Å². The molecule has 0 radical (unpaired) electrons. The second-order valence-electron chi connectivity index (χ2n) is 10.5. The maximum Gasteiger partial charge on any atom is 0.320 e. The summed E-state index contributed by atoms with van der Waals surface area (Å²) in [6.45, 7) is 5.91. The van der Waals surface area contributed by atoms with Crippen LogP contribution < -0.4 is 20.3 Å². The van der Waals surface area contributed by atoms with Crippen LogP contribution in [0.4, 0.5) is 25.1 Å². The number of hydrogen-bond acceptors (Lipinski definition) is 6. The van der Waals surface area contributed by atoms with Gasteiger partial charge in [0.15, 0.2) is 11.6 Å². The Labute approximate surface area is 230 Å². The summed E-state index contributed by atoms with van der Waals surface area (Å²) in [5, 5.41) is 27.3. The molecule has 2 unspecified atom stereocenters. The van der Waals surface area contributed by atoms with Crippen molar-refractivity contribution in [2.75, 3.05) is 29.9 Å². The lowest BCUT2D eigenvalue weighted by Gasteiger charge is -2.21. The number of halogens is 2. The number of nitrogens with one attached hydrogen (secondary N) is 3. The fourth-order valence-electron chi connectivity index (χ4n) is 4.73. The Balaban J connectivity index is 1.40. The third-order valence-electron chi connectivity index (χ3n) is 6.73. The van der Waals surface area contributed by atoms with Crippen LogP contribution in [0.3, 0.4) is 0 Å². The fraction of sp³-hybridized carbons (Fsp3) is 0.321. The lowest BCUT2D eigenvalue weighted by molar-refractivity contribution is 0.0265. The lowest BCUT2D eigenvalue weighted by Crippen LogP contribution is -2.42. The molecule has 2 aromatic heterocycles. The van der Waals surface area contributed by atoms with Crippen molar-refractivity contribution in [3.63, 3.8) is 0 Å². The number of ether oxygens (including phenoxy) is 1. The molecule has 1 saturated heterocycles. The molecular weight excluding hydrogens is 520 g/mol. The van der Waals surface area contributed by atoms with Gasteiger partial charge in [-0.25, -0.2) is 18.3 Å². The predicted octanol–water partition coefficient (Wildman–Crippen LogP) is 4.13. The Morgan fingerprint density at radius 3 is 2.60 bits per heavy atom. The van der Waals surface area contributed by atoms with E-state index in [9.17, 15) is 18.7 Å². The second-order valence-corrected chi connectivity index (χ2v) is 10.5. The summed E-state index contributed by atoms with van der Waals surface area (Å²) in [6, 6.07) is 12.1. The van der Waals surface area contributed by atoms with Crippen molar-refractivity contribution in [2.24, 2.45) is 0 Å². The van der Waals surface area contributed by atoms with E-state index >= 15 is 0 Å². The molecule has 0 bridgehead atoms. The van der Waals surface area contributed by atoms with Crippen LogP contribution in [0.1, 0.15) is 30.9 Å². The van der Waals surface area contributed by atoms with Gasteiger partial charge in [-0.3, -0.25) is 10.4 Å². The topological polar surface area (TPSA) is 120 Å². The molecule has 3 heterocycles. The number of anilines is 2. The van der Waals surface area contributed by atoms with Gasteiger partial charge in [-0.15, -0.1) is 5.10 Å². The van der Waals surface area contributed by atoms with E-state index < -0.39 is 29.3 Å². The van der Waals surface area contributed by atoms with Gasteiger partial charge in [0, 0.05) is 25.2 Å². The molecule has 4 aromatic rings. The maximum absolute atomic E-state index is 14.1. The first-order valence-corrected chi connectivity index (χ1v) is 12.9. The first-order chi connectivity index (χ1) is 19.1. The standard InChI is InChI=1S/C28H31F2N7O3/c1-17-25(37(19-7-5-4-6-8-19)35-26(17)40-16-28(2,3)39)34-27(38)33-24-15-36(20-12-31-32-13-20)14-21(24)18-9-10-22(29)23(30)11-18/h4-13,21,24,39H,14-16H2,1-3H3,(H,31,32)(H2,33,34,38). The molecule has 2 amide bonds. The van der Waals surface area contributed by atoms with E-state index in [1.54, 1.807) is 37.8 Å². The Kier molecular flexibility index (Phi) is 7.44. The third-order valence-corrected chi connectivity index (χ3v) is 6.73. The highest BCUT2D eigenvalue weighted by Crippen LogP contribution is 2.33. The normalized spacial score (nSPS) is 17.2. The summed E-state index contributed by atoms with van der Waals surface area (Å²) in [6.07, 6.45) is 3.41. The molecule has 40 heavy (non-hydrogen) atoms. The van der Waals surface area contributed by atoms with Gasteiger partial charge in [0.1, 0.15) is 12.4 Å². The summed E-state index contributed by atoms with van der Waals surface area (Å²) in [4.78, 5) is 15.4. The molecule has 2 aromatic carbocycles. The number of aromatic nitrogens is 4. The quantitative estimate of drug-likeness (QED) is 0.262. The summed E-state index contributed by atoms with van der Waals surface area (Å²) in [5.74, 6) is -1.52. The number of carbonyl (C=O) groups excluding carboxylic acids is 1. The van der Waals surface area contributed by atoms with Crippen molar-refractivity contribution in [1.29, 1.82) is 0 Å². The molecule has 0 aliphatic carbocycles. The molecule has 0 saturated carbocycles. The zero-order valence-corrected chi connectivity index (χ0v) is 22.4. The van der Waals surface area contributed by atoms with Gasteiger partial charge >= 0.3 is 6.03 Å². The zero-order chi connectivity index (χ0) is 28.4. The van der Waals surface area contributed by atoms with Gasteiger partial charge in [-0.1, -0.05) is 24.3 Å². The minimum Gasteiger partial charge on any atom is -0.473 e. The van der Waals surface area contributed by atoms with E-state index in [0.29, 0.717) is 35.7 Å². The minimum absolute atomic E-state index is 0.00705. The van der Waals surface area contributed by atoms with Crippen molar-refractivity contribution >= 4 is 17.5 Å². The van der Waals surface area contributed by atoms with Crippen LogP contribution in [0.5, 0.6) is 5.88 Å². The van der Waals surface area contributed by atoms with Crippen LogP contribution in [-0.4, -0.2) is 62.5 Å². The van der Waals surface area contributed by atoms with E-state index in [1.807, 2.05) is 35.2 Å². The number of nitrogens with zero attached hydrogens (tertiary/aromatic N) is 4. The minimum atomic E-state index is -1.08. The van der Waals surface area contributed by atoms with Crippen molar-refractivity contribution in [1.82, 2.24) is 25.3 Å². The average Bonchev–Trinajstić information content (AvgIpc) is 3.65.